The highest BCUT2D eigenvalue weighted by Gasteiger charge is 2.21. The Kier molecular flexibility index (Phi) is 6.65. The molecule has 0 amide bonds. The summed E-state index contributed by atoms with van der Waals surface area (Å²) in [5.41, 5.74) is 0.410. The van der Waals surface area contributed by atoms with E-state index < -0.39 is 0 Å². The van der Waals surface area contributed by atoms with Crippen LogP contribution < -0.4 is 10.6 Å². The van der Waals surface area contributed by atoms with Crippen molar-refractivity contribution < 1.29 is 0 Å². The Morgan fingerprint density at radius 2 is 1.89 bits per heavy atom. The zero-order chi connectivity index (χ0) is 13.6. The van der Waals surface area contributed by atoms with Gasteiger partial charge in [-0.1, -0.05) is 40.5 Å². The Hall–Kier alpha value is -0.0800. The summed E-state index contributed by atoms with van der Waals surface area (Å²) in [4.78, 5) is 0. The van der Waals surface area contributed by atoms with Crippen molar-refractivity contribution in [2.45, 2.75) is 78.8 Å². The van der Waals surface area contributed by atoms with Crippen LogP contribution in [0.3, 0.4) is 0 Å². The molecule has 0 aromatic carbocycles. The molecule has 2 nitrogen and oxygen atoms in total. The molecule has 1 fully saturated rings. The fraction of sp³-hybridized carbons (Fsp3) is 1.00. The third-order valence-electron chi connectivity index (χ3n) is 4.55. The third kappa shape index (κ3) is 6.19. The molecule has 0 radical (unpaired) electrons. The SMILES string of the molecule is CC(CC1CCCCCN1)NCC(C)C(C)(C)C. The summed E-state index contributed by atoms with van der Waals surface area (Å²) >= 11 is 0. The minimum atomic E-state index is 0.410. The number of rotatable bonds is 5. The molecular weight excluding hydrogens is 220 g/mol. The highest BCUT2D eigenvalue weighted by Crippen LogP contribution is 2.24. The van der Waals surface area contributed by atoms with E-state index in [9.17, 15) is 0 Å². The van der Waals surface area contributed by atoms with E-state index in [4.69, 9.17) is 0 Å². The van der Waals surface area contributed by atoms with Crippen molar-refractivity contribution in [2.24, 2.45) is 11.3 Å². The molecule has 0 spiro atoms. The molecule has 1 rings (SSSR count). The second-order valence-electron chi connectivity index (χ2n) is 7.31. The normalized spacial score (nSPS) is 25.5. The van der Waals surface area contributed by atoms with Crippen molar-refractivity contribution in [3.63, 3.8) is 0 Å². The number of hydrogen-bond acceptors (Lipinski definition) is 2. The Morgan fingerprint density at radius 3 is 2.56 bits per heavy atom. The summed E-state index contributed by atoms with van der Waals surface area (Å²) in [6.45, 7) is 14.0. The highest BCUT2D eigenvalue weighted by molar-refractivity contribution is 4.78. The zero-order valence-corrected chi connectivity index (χ0v) is 13.2. The average Bonchev–Trinajstić information content (AvgIpc) is 2.53. The molecule has 0 saturated carbocycles. The summed E-state index contributed by atoms with van der Waals surface area (Å²) in [6, 6.07) is 1.37. The first kappa shape index (κ1) is 16.0. The van der Waals surface area contributed by atoms with Crippen molar-refractivity contribution in [1.29, 1.82) is 0 Å². The van der Waals surface area contributed by atoms with Crippen LogP contribution in [0.1, 0.15) is 66.7 Å². The van der Waals surface area contributed by atoms with Crippen LogP contribution in [0.5, 0.6) is 0 Å². The molecule has 1 saturated heterocycles. The zero-order valence-electron chi connectivity index (χ0n) is 13.2. The van der Waals surface area contributed by atoms with Gasteiger partial charge in [0.25, 0.3) is 0 Å². The maximum atomic E-state index is 3.72. The standard InChI is InChI=1S/C16H34N2/c1-13(16(3,4)5)12-18-14(2)11-15-9-7-6-8-10-17-15/h13-15,17-18H,6-12H2,1-5H3. The van der Waals surface area contributed by atoms with Crippen molar-refractivity contribution in [1.82, 2.24) is 10.6 Å². The molecule has 2 N–H and O–H groups in total. The monoisotopic (exact) mass is 254 g/mol. The summed E-state index contributed by atoms with van der Waals surface area (Å²) < 4.78 is 0. The number of hydrogen-bond donors (Lipinski definition) is 2. The topological polar surface area (TPSA) is 24.1 Å². The summed E-state index contributed by atoms with van der Waals surface area (Å²) in [7, 11) is 0. The van der Waals surface area contributed by atoms with Gasteiger partial charge in [-0.2, -0.15) is 0 Å². The fourth-order valence-electron chi connectivity index (χ4n) is 2.50. The summed E-state index contributed by atoms with van der Waals surface area (Å²) in [6.07, 6.45) is 6.81. The van der Waals surface area contributed by atoms with Crippen LogP contribution in [0.2, 0.25) is 0 Å². The van der Waals surface area contributed by atoms with Gasteiger partial charge in [0.15, 0.2) is 0 Å². The molecule has 18 heavy (non-hydrogen) atoms. The lowest BCUT2D eigenvalue weighted by atomic mass is 9.82. The smallest absolute Gasteiger partial charge is 0.00817 e. The molecule has 1 aliphatic rings. The van der Waals surface area contributed by atoms with Gasteiger partial charge in [-0.05, 0) is 50.6 Å². The van der Waals surface area contributed by atoms with Crippen molar-refractivity contribution in [3.05, 3.63) is 0 Å². The second-order valence-corrected chi connectivity index (χ2v) is 7.31. The Morgan fingerprint density at radius 1 is 1.17 bits per heavy atom. The summed E-state index contributed by atoms with van der Waals surface area (Å²) in [5.74, 6) is 0.724. The predicted molar refractivity (Wildman–Crippen MR) is 81.0 cm³/mol. The molecule has 3 unspecified atom stereocenters. The number of nitrogens with one attached hydrogen (secondary N) is 2. The molecule has 108 valence electrons. The maximum Gasteiger partial charge on any atom is 0.00817 e. The third-order valence-corrected chi connectivity index (χ3v) is 4.55. The van der Waals surface area contributed by atoms with Gasteiger partial charge in [0.05, 0.1) is 0 Å². The van der Waals surface area contributed by atoms with Crippen LogP contribution in [-0.4, -0.2) is 25.2 Å². The first-order valence-corrected chi connectivity index (χ1v) is 7.86. The van der Waals surface area contributed by atoms with Gasteiger partial charge in [-0.25, -0.2) is 0 Å². The fourth-order valence-corrected chi connectivity index (χ4v) is 2.50. The molecule has 0 aromatic rings. The van der Waals surface area contributed by atoms with Crippen molar-refractivity contribution >= 4 is 0 Å². The molecule has 1 aliphatic heterocycles. The van der Waals surface area contributed by atoms with Gasteiger partial charge in [-0.15, -0.1) is 0 Å². The van der Waals surface area contributed by atoms with Crippen LogP contribution in [0.4, 0.5) is 0 Å². The lowest BCUT2D eigenvalue weighted by Crippen LogP contribution is -2.40. The first-order chi connectivity index (χ1) is 8.39. The van der Waals surface area contributed by atoms with Crippen LogP contribution >= 0.6 is 0 Å². The largest absolute Gasteiger partial charge is 0.314 e. The van der Waals surface area contributed by atoms with Gasteiger partial charge < -0.3 is 10.6 Å². The first-order valence-electron chi connectivity index (χ1n) is 7.86. The van der Waals surface area contributed by atoms with E-state index in [1.54, 1.807) is 0 Å². The van der Waals surface area contributed by atoms with E-state index in [1.165, 1.54) is 38.6 Å². The van der Waals surface area contributed by atoms with Crippen LogP contribution in [-0.2, 0) is 0 Å². The molecule has 2 heteroatoms. The summed E-state index contributed by atoms with van der Waals surface area (Å²) in [5, 5.41) is 7.41. The van der Waals surface area contributed by atoms with Crippen LogP contribution in [0.25, 0.3) is 0 Å². The van der Waals surface area contributed by atoms with Gasteiger partial charge >= 0.3 is 0 Å². The van der Waals surface area contributed by atoms with E-state index in [0.29, 0.717) is 11.5 Å². The van der Waals surface area contributed by atoms with E-state index in [2.05, 4.69) is 45.3 Å². The molecule has 3 atom stereocenters. The van der Waals surface area contributed by atoms with E-state index >= 15 is 0 Å². The van der Waals surface area contributed by atoms with E-state index in [-0.39, 0.29) is 0 Å². The van der Waals surface area contributed by atoms with E-state index in [1.807, 2.05) is 0 Å². The Balaban J connectivity index is 2.22. The maximum absolute atomic E-state index is 3.72. The van der Waals surface area contributed by atoms with Crippen molar-refractivity contribution in [3.8, 4) is 0 Å². The molecule has 0 aromatic heterocycles. The highest BCUT2D eigenvalue weighted by atomic mass is 15.0. The lowest BCUT2D eigenvalue weighted by Gasteiger charge is -2.29. The van der Waals surface area contributed by atoms with E-state index in [0.717, 1.165) is 18.5 Å². The predicted octanol–water partition coefficient (Wildman–Crippen LogP) is 3.57. The van der Waals surface area contributed by atoms with Crippen molar-refractivity contribution in [2.75, 3.05) is 13.1 Å². The minimum absolute atomic E-state index is 0.410. The van der Waals surface area contributed by atoms with Crippen LogP contribution in [0.15, 0.2) is 0 Å². The average molecular weight is 254 g/mol. The molecule has 0 bridgehead atoms. The van der Waals surface area contributed by atoms with Gasteiger partial charge in [0.1, 0.15) is 0 Å². The Labute approximate surface area is 114 Å². The quantitative estimate of drug-likeness (QED) is 0.784. The second kappa shape index (κ2) is 7.49. The molecule has 0 aliphatic carbocycles. The van der Waals surface area contributed by atoms with Gasteiger partial charge in [0.2, 0.25) is 0 Å². The van der Waals surface area contributed by atoms with Gasteiger partial charge in [-0.3, -0.25) is 0 Å². The molecule has 1 heterocycles. The minimum Gasteiger partial charge on any atom is -0.314 e. The van der Waals surface area contributed by atoms with Crippen LogP contribution in [0, 0.1) is 11.3 Å². The molecular formula is C16H34N2. The Bertz CT molecular complexity index is 212. The van der Waals surface area contributed by atoms with Gasteiger partial charge in [0, 0.05) is 12.1 Å². The lowest BCUT2D eigenvalue weighted by molar-refractivity contribution is 0.242.